The zero-order chi connectivity index (χ0) is 11.4. The molecule has 1 nitrogen and oxygen atoms in total. The molecule has 0 saturated carbocycles. The Kier molecular flexibility index (Phi) is 4.28. The summed E-state index contributed by atoms with van der Waals surface area (Å²) < 4.78 is 14.1. The second-order valence-electron chi connectivity index (χ2n) is 4.46. The minimum Gasteiger partial charge on any atom is -0.330 e. The predicted octanol–water partition coefficient (Wildman–Crippen LogP) is 3.24. The molecule has 1 aromatic rings. The highest BCUT2D eigenvalue weighted by molar-refractivity contribution is 5.23. The summed E-state index contributed by atoms with van der Waals surface area (Å²) in [5.74, 6) is 0.180. The van der Waals surface area contributed by atoms with E-state index in [4.69, 9.17) is 5.73 Å². The Labute approximate surface area is 91.5 Å². The smallest absolute Gasteiger partial charge is 0.129 e. The normalized spacial score (nSPS) is 15.3. The molecule has 0 aliphatic rings. The van der Waals surface area contributed by atoms with Crippen LogP contribution in [-0.2, 0) is 0 Å². The van der Waals surface area contributed by atoms with Crippen molar-refractivity contribution in [3.05, 3.63) is 35.4 Å². The third-order valence-electron chi connectivity index (χ3n) is 2.90. The molecular weight excluding hydrogens is 189 g/mol. The summed E-state index contributed by atoms with van der Waals surface area (Å²) in [4.78, 5) is 0. The van der Waals surface area contributed by atoms with Gasteiger partial charge in [0, 0.05) is 5.92 Å². The Morgan fingerprint density at radius 1 is 1.20 bits per heavy atom. The third-order valence-corrected chi connectivity index (χ3v) is 2.90. The quantitative estimate of drug-likeness (QED) is 0.809. The van der Waals surface area contributed by atoms with Crippen molar-refractivity contribution in [1.82, 2.24) is 0 Å². The van der Waals surface area contributed by atoms with Crippen LogP contribution in [0.5, 0.6) is 0 Å². The second kappa shape index (κ2) is 5.26. The van der Waals surface area contributed by atoms with Crippen LogP contribution < -0.4 is 5.73 Å². The summed E-state index contributed by atoms with van der Waals surface area (Å²) in [6, 6.07) is 7.59. The van der Waals surface area contributed by atoms with Gasteiger partial charge in [0.05, 0.1) is 0 Å². The molecule has 15 heavy (non-hydrogen) atoms. The molecule has 1 aromatic carbocycles. The van der Waals surface area contributed by atoms with E-state index in [9.17, 15) is 4.39 Å². The van der Waals surface area contributed by atoms with Crippen LogP contribution in [0.2, 0.25) is 0 Å². The van der Waals surface area contributed by atoms with Crippen molar-refractivity contribution in [3.8, 4) is 0 Å². The highest BCUT2D eigenvalue weighted by atomic mass is 19.1. The van der Waals surface area contributed by atoms with Crippen LogP contribution >= 0.6 is 0 Å². The number of benzene rings is 1. The Hall–Kier alpha value is -0.890. The molecule has 84 valence electrons. The maximum absolute atomic E-state index is 14.1. The molecular formula is C13H20FN. The molecule has 2 N–H and O–H groups in total. The average molecular weight is 209 g/mol. The van der Waals surface area contributed by atoms with Crippen LogP contribution in [0.4, 0.5) is 4.39 Å². The SMILES string of the molecule is Cc1ccc(C(F)C(CN)C(C)C)cc1. The van der Waals surface area contributed by atoms with Gasteiger partial charge in [-0.2, -0.15) is 0 Å². The molecule has 0 bridgehead atoms. The van der Waals surface area contributed by atoms with E-state index in [1.165, 1.54) is 0 Å². The van der Waals surface area contributed by atoms with Crippen molar-refractivity contribution in [2.75, 3.05) is 6.54 Å². The van der Waals surface area contributed by atoms with E-state index in [2.05, 4.69) is 0 Å². The lowest BCUT2D eigenvalue weighted by Gasteiger charge is -2.23. The molecule has 0 spiro atoms. The maximum Gasteiger partial charge on any atom is 0.129 e. The highest BCUT2D eigenvalue weighted by Gasteiger charge is 2.24. The largest absolute Gasteiger partial charge is 0.330 e. The monoisotopic (exact) mass is 209 g/mol. The predicted molar refractivity (Wildman–Crippen MR) is 62.4 cm³/mol. The lowest BCUT2D eigenvalue weighted by atomic mass is 9.87. The van der Waals surface area contributed by atoms with Gasteiger partial charge in [0.1, 0.15) is 6.17 Å². The van der Waals surface area contributed by atoms with Crippen molar-refractivity contribution in [2.24, 2.45) is 17.6 Å². The first kappa shape index (κ1) is 12.2. The van der Waals surface area contributed by atoms with E-state index < -0.39 is 6.17 Å². The lowest BCUT2D eigenvalue weighted by Crippen LogP contribution is -2.24. The molecule has 0 aromatic heterocycles. The van der Waals surface area contributed by atoms with Gasteiger partial charge in [-0.3, -0.25) is 0 Å². The number of hydrogen-bond donors (Lipinski definition) is 1. The molecule has 0 aliphatic carbocycles. The van der Waals surface area contributed by atoms with E-state index in [1.807, 2.05) is 45.0 Å². The number of nitrogens with two attached hydrogens (primary N) is 1. The van der Waals surface area contributed by atoms with Crippen LogP contribution in [0.25, 0.3) is 0 Å². The number of rotatable bonds is 4. The molecule has 0 saturated heterocycles. The van der Waals surface area contributed by atoms with Crippen LogP contribution in [-0.4, -0.2) is 6.54 Å². The third kappa shape index (κ3) is 3.03. The fourth-order valence-electron chi connectivity index (χ4n) is 1.73. The van der Waals surface area contributed by atoms with Crippen molar-refractivity contribution in [3.63, 3.8) is 0 Å². The van der Waals surface area contributed by atoms with E-state index >= 15 is 0 Å². The molecule has 0 radical (unpaired) electrons. The van der Waals surface area contributed by atoms with Crippen LogP contribution in [0.1, 0.15) is 31.1 Å². The van der Waals surface area contributed by atoms with E-state index in [-0.39, 0.29) is 11.8 Å². The summed E-state index contributed by atoms with van der Waals surface area (Å²) in [5, 5.41) is 0. The fraction of sp³-hybridized carbons (Fsp3) is 0.538. The Bertz CT molecular complexity index is 292. The molecule has 0 aliphatic heterocycles. The summed E-state index contributed by atoms with van der Waals surface area (Å²) in [5.41, 5.74) is 7.49. The van der Waals surface area contributed by atoms with Gasteiger partial charge >= 0.3 is 0 Å². The second-order valence-corrected chi connectivity index (χ2v) is 4.46. The number of halogens is 1. The van der Waals surface area contributed by atoms with E-state index in [0.29, 0.717) is 6.54 Å². The number of alkyl halides is 1. The zero-order valence-corrected chi connectivity index (χ0v) is 9.70. The number of hydrogen-bond acceptors (Lipinski definition) is 1. The summed E-state index contributed by atoms with van der Waals surface area (Å²) >= 11 is 0. The number of aryl methyl sites for hydroxylation is 1. The van der Waals surface area contributed by atoms with E-state index in [1.54, 1.807) is 0 Å². The fourth-order valence-corrected chi connectivity index (χ4v) is 1.73. The standard InChI is InChI=1S/C13H20FN/c1-9(2)12(8-15)13(14)11-6-4-10(3)5-7-11/h4-7,9,12-13H,8,15H2,1-3H3. The first-order valence-electron chi connectivity index (χ1n) is 5.47. The molecule has 2 heteroatoms. The minimum atomic E-state index is -0.949. The van der Waals surface area contributed by atoms with Gasteiger partial charge in [-0.25, -0.2) is 4.39 Å². The lowest BCUT2D eigenvalue weighted by molar-refractivity contribution is 0.188. The van der Waals surface area contributed by atoms with Crippen LogP contribution in [0, 0.1) is 18.8 Å². The van der Waals surface area contributed by atoms with Crippen molar-refractivity contribution in [1.29, 1.82) is 0 Å². The summed E-state index contributed by atoms with van der Waals surface area (Å²) in [6.45, 7) is 6.42. The molecule has 2 atom stereocenters. The molecule has 2 unspecified atom stereocenters. The maximum atomic E-state index is 14.1. The van der Waals surface area contributed by atoms with Crippen LogP contribution in [0.15, 0.2) is 24.3 Å². The van der Waals surface area contributed by atoms with Gasteiger partial charge in [-0.05, 0) is 24.9 Å². The van der Waals surface area contributed by atoms with Gasteiger partial charge in [-0.1, -0.05) is 43.7 Å². The molecule has 0 amide bonds. The van der Waals surface area contributed by atoms with Crippen molar-refractivity contribution < 1.29 is 4.39 Å². The average Bonchev–Trinajstić information content (AvgIpc) is 2.19. The Balaban J connectivity index is 2.82. The highest BCUT2D eigenvalue weighted by Crippen LogP contribution is 2.30. The van der Waals surface area contributed by atoms with E-state index in [0.717, 1.165) is 11.1 Å². The first-order valence-corrected chi connectivity index (χ1v) is 5.47. The van der Waals surface area contributed by atoms with Gasteiger partial charge in [0.15, 0.2) is 0 Å². The Morgan fingerprint density at radius 3 is 2.13 bits per heavy atom. The molecule has 0 heterocycles. The van der Waals surface area contributed by atoms with Gasteiger partial charge < -0.3 is 5.73 Å². The molecule has 1 rings (SSSR count). The Morgan fingerprint density at radius 2 is 1.73 bits per heavy atom. The van der Waals surface area contributed by atoms with Gasteiger partial charge in [0.2, 0.25) is 0 Å². The first-order chi connectivity index (χ1) is 7.06. The summed E-state index contributed by atoms with van der Waals surface area (Å²) in [6.07, 6.45) is -0.949. The van der Waals surface area contributed by atoms with Gasteiger partial charge in [0.25, 0.3) is 0 Å². The van der Waals surface area contributed by atoms with Gasteiger partial charge in [-0.15, -0.1) is 0 Å². The minimum absolute atomic E-state index is 0.0901. The van der Waals surface area contributed by atoms with Crippen molar-refractivity contribution >= 4 is 0 Å². The van der Waals surface area contributed by atoms with Crippen molar-refractivity contribution in [2.45, 2.75) is 26.9 Å². The van der Waals surface area contributed by atoms with Crippen LogP contribution in [0.3, 0.4) is 0 Å². The summed E-state index contributed by atoms with van der Waals surface area (Å²) in [7, 11) is 0. The zero-order valence-electron chi connectivity index (χ0n) is 9.70. The topological polar surface area (TPSA) is 26.0 Å². The molecule has 0 fully saturated rings.